The second-order valence-corrected chi connectivity index (χ2v) is 6.62. The van der Waals surface area contributed by atoms with Crippen molar-refractivity contribution in [3.05, 3.63) is 75.7 Å². The molecule has 0 saturated carbocycles. The minimum atomic E-state index is -0.330. The van der Waals surface area contributed by atoms with Gasteiger partial charge in [0.15, 0.2) is 0 Å². The van der Waals surface area contributed by atoms with E-state index in [0.29, 0.717) is 22.8 Å². The van der Waals surface area contributed by atoms with Crippen LogP contribution in [-0.2, 0) is 13.0 Å². The van der Waals surface area contributed by atoms with E-state index >= 15 is 0 Å². The lowest BCUT2D eigenvalue weighted by Gasteiger charge is -2.08. The van der Waals surface area contributed by atoms with Crippen LogP contribution in [0.1, 0.15) is 37.7 Å². The molecule has 3 aromatic rings. The van der Waals surface area contributed by atoms with E-state index in [1.807, 2.05) is 37.3 Å². The zero-order valence-corrected chi connectivity index (χ0v) is 15.0. The van der Waals surface area contributed by atoms with Gasteiger partial charge in [0.05, 0.1) is 0 Å². The summed E-state index contributed by atoms with van der Waals surface area (Å²) < 4.78 is 0. The molecule has 0 saturated heterocycles. The Balaban J connectivity index is 1.63. The van der Waals surface area contributed by atoms with E-state index < -0.39 is 0 Å². The topological polar surface area (TPSA) is 84.0 Å². The Hall–Kier alpha value is -3.06. The van der Waals surface area contributed by atoms with Crippen LogP contribution >= 0.6 is 11.3 Å². The highest BCUT2D eigenvalue weighted by Gasteiger charge is 2.13. The van der Waals surface area contributed by atoms with Crippen LogP contribution in [0.15, 0.2) is 54.6 Å². The first kappa shape index (κ1) is 17.8. The lowest BCUT2D eigenvalue weighted by molar-refractivity contribution is 0.0949. The highest BCUT2D eigenvalue weighted by molar-refractivity contribution is 7.13. The van der Waals surface area contributed by atoms with E-state index in [2.05, 4.69) is 20.8 Å². The summed E-state index contributed by atoms with van der Waals surface area (Å²) in [4.78, 5) is 24.6. The first-order chi connectivity index (χ1) is 12.7. The average molecular weight is 366 g/mol. The molecule has 0 atom stereocenters. The lowest BCUT2D eigenvalue weighted by Crippen LogP contribution is -2.23. The smallest absolute Gasteiger partial charge is 0.286 e. The highest BCUT2D eigenvalue weighted by atomic mass is 32.1. The van der Waals surface area contributed by atoms with Gasteiger partial charge in [0.1, 0.15) is 5.01 Å². The van der Waals surface area contributed by atoms with Gasteiger partial charge < -0.3 is 10.6 Å². The third kappa shape index (κ3) is 4.52. The largest absolute Gasteiger partial charge is 0.348 e. The van der Waals surface area contributed by atoms with Crippen molar-refractivity contribution < 1.29 is 9.59 Å². The Kier molecular flexibility index (Phi) is 5.70. The normalized spacial score (nSPS) is 10.3. The van der Waals surface area contributed by atoms with Crippen molar-refractivity contribution in [3.63, 3.8) is 0 Å². The molecule has 6 nitrogen and oxygen atoms in total. The SMILES string of the molecule is CCc1nnc(C(=O)Nc2cccc(C(=O)NCc3ccccc3)c2)s1. The van der Waals surface area contributed by atoms with Gasteiger partial charge in [-0.3, -0.25) is 9.59 Å². The molecule has 0 bridgehead atoms. The molecule has 7 heteroatoms. The van der Waals surface area contributed by atoms with Gasteiger partial charge in [0, 0.05) is 17.8 Å². The summed E-state index contributed by atoms with van der Waals surface area (Å²) in [7, 11) is 0. The van der Waals surface area contributed by atoms with Gasteiger partial charge in [0.2, 0.25) is 5.01 Å². The molecule has 26 heavy (non-hydrogen) atoms. The zero-order valence-electron chi connectivity index (χ0n) is 14.2. The van der Waals surface area contributed by atoms with E-state index in [-0.39, 0.29) is 11.8 Å². The fourth-order valence-electron chi connectivity index (χ4n) is 2.29. The van der Waals surface area contributed by atoms with Crippen LogP contribution in [0.4, 0.5) is 5.69 Å². The van der Waals surface area contributed by atoms with Crippen LogP contribution in [0.2, 0.25) is 0 Å². The van der Waals surface area contributed by atoms with E-state index in [4.69, 9.17) is 0 Å². The first-order valence-corrected chi connectivity index (χ1v) is 9.03. The fourth-order valence-corrected chi connectivity index (χ4v) is 2.97. The number of aryl methyl sites for hydroxylation is 1. The van der Waals surface area contributed by atoms with Gasteiger partial charge in [0.25, 0.3) is 11.8 Å². The van der Waals surface area contributed by atoms with Gasteiger partial charge in [-0.25, -0.2) is 0 Å². The van der Waals surface area contributed by atoms with Crippen molar-refractivity contribution in [2.24, 2.45) is 0 Å². The van der Waals surface area contributed by atoms with Crippen LogP contribution in [-0.4, -0.2) is 22.0 Å². The Bertz CT molecular complexity index is 909. The molecular weight excluding hydrogens is 348 g/mol. The maximum atomic E-state index is 12.3. The molecule has 0 aliphatic rings. The number of hydrogen-bond acceptors (Lipinski definition) is 5. The standard InChI is InChI=1S/C19H18N4O2S/c1-2-16-22-23-19(26-16)18(25)21-15-10-6-9-14(11-15)17(24)20-12-13-7-4-3-5-8-13/h3-11H,2,12H2,1H3,(H,20,24)(H,21,25). The second kappa shape index (κ2) is 8.35. The molecule has 0 spiro atoms. The number of carbonyl (C=O) groups excluding carboxylic acids is 2. The van der Waals surface area contributed by atoms with Crippen molar-refractivity contribution in [1.29, 1.82) is 0 Å². The van der Waals surface area contributed by atoms with Gasteiger partial charge in [-0.15, -0.1) is 10.2 Å². The fraction of sp³-hybridized carbons (Fsp3) is 0.158. The summed E-state index contributed by atoms with van der Waals surface area (Å²) in [5.74, 6) is -0.529. The molecule has 3 rings (SSSR count). The lowest BCUT2D eigenvalue weighted by atomic mass is 10.1. The maximum absolute atomic E-state index is 12.3. The molecule has 2 amide bonds. The maximum Gasteiger partial charge on any atom is 0.286 e. The van der Waals surface area contributed by atoms with Crippen LogP contribution in [0, 0.1) is 0 Å². The summed E-state index contributed by atoms with van der Waals surface area (Å²) in [6.07, 6.45) is 0.738. The summed E-state index contributed by atoms with van der Waals surface area (Å²) in [6, 6.07) is 16.5. The first-order valence-electron chi connectivity index (χ1n) is 8.21. The van der Waals surface area contributed by atoms with E-state index in [0.717, 1.165) is 17.0 Å². The van der Waals surface area contributed by atoms with E-state index in [1.54, 1.807) is 24.3 Å². The summed E-state index contributed by atoms with van der Waals surface area (Å²) in [6.45, 7) is 2.40. The van der Waals surface area contributed by atoms with Crippen molar-refractivity contribution in [1.82, 2.24) is 15.5 Å². The molecule has 2 aromatic carbocycles. The minimum Gasteiger partial charge on any atom is -0.348 e. The van der Waals surface area contributed by atoms with Crippen LogP contribution in [0.3, 0.4) is 0 Å². The van der Waals surface area contributed by atoms with Gasteiger partial charge >= 0.3 is 0 Å². The Morgan fingerprint density at radius 3 is 2.54 bits per heavy atom. The number of benzene rings is 2. The van der Waals surface area contributed by atoms with E-state index in [9.17, 15) is 9.59 Å². The Morgan fingerprint density at radius 1 is 1.00 bits per heavy atom. The van der Waals surface area contributed by atoms with E-state index in [1.165, 1.54) is 11.3 Å². The van der Waals surface area contributed by atoms with Crippen LogP contribution in [0.25, 0.3) is 0 Å². The quantitative estimate of drug-likeness (QED) is 0.701. The molecule has 2 N–H and O–H groups in total. The van der Waals surface area contributed by atoms with Gasteiger partial charge in [-0.05, 0) is 30.2 Å². The molecule has 1 heterocycles. The number of nitrogens with zero attached hydrogens (tertiary/aromatic N) is 2. The number of hydrogen-bond donors (Lipinski definition) is 2. The highest BCUT2D eigenvalue weighted by Crippen LogP contribution is 2.15. The van der Waals surface area contributed by atoms with Crippen molar-refractivity contribution >= 4 is 28.8 Å². The summed E-state index contributed by atoms with van der Waals surface area (Å²) >= 11 is 1.26. The van der Waals surface area contributed by atoms with Crippen LogP contribution < -0.4 is 10.6 Å². The molecule has 0 fully saturated rings. The minimum absolute atomic E-state index is 0.200. The zero-order chi connectivity index (χ0) is 18.4. The molecule has 1 aromatic heterocycles. The monoisotopic (exact) mass is 366 g/mol. The Morgan fingerprint density at radius 2 is 1.81 bits per heavy atom. The molecule has 0 aliphatic heterocycles. The van der Waals surface area contributed by atoms with Crippen molar-refractivity contribution in [2.75, 3.05) is 5.32 Å². The Labute approximate surface area is 155 Å². The van der Waals surface area contributed by atoms with Crippen molar-refractivity contribution in [3.8, 4) is 0 Å². The number of rotatable bonds is 6. The predicted molar refractivity (Wildman–Crippen MR) is 101 cm³/mol. The molecular formula is C19H18N4O2S. The number of anilines is 1. The summed E-state index contributed by atoms with van der Waals surface area (Å²) in [5.41, 5.74) is 2.04. The molecule has 132 valence electrons. The third-order valence-corrected chi connectivity index (χ3v) is 4.71. The number of nitrogens with one attached hydrogen (secondary N) is 2. The molecule has 0 radical (unpaired) electrons. The van der Waals surface area contributed by atoms with Gasteiger partial charge in [-0.1, -0.05) is 54.7 Å². The van der Waals surface area contributed by atoms with Crippen LogP contribution in [0.5, 0.6) is 0 Å². The number of carbonyl (C=O) groups is 2. The molecule has 0 aliphatic carbocycles. The predicted octanol–water partition coefficient (Wildman–Crippen LogP) is 3.28. The number of aromatic nitrogens is 2. The molecule has 0 unspecified atom stereocenters. The van der Waals surface area contributed by atoms with Crippen molar-refractivity contribution in [2.45, 2.75) is 19.9 Å². The second-order valence-electron chi connectivity index (χ2n) is 5.56. The number of amides is 2. The summed E-state index contributed by atoms with van der Waals surface area (Å²) in [5, 5.41) is 14.6. The average Bonchev–Trinajstić information content (AvgIpc) is 3.16. The third-order valence-electron chi connectivity index (χ3n) is 3.64. The van der Waals surface area contributed by atoms with Gasteiger partial charge in [-0.2, -0.15) is 0 Å².